The van der Waals surface area contributed by atoms with Crippen LogP contribution in [0.5, 0.6) is 5.75 Å². The number of anilines is 1. The maximum absolute atomic E-state index is 13.1. The Morgan fingerprint density at radius 2 is 1.92 bits per heavy atom. The van der Waals surface area contributed by atoms with Crippen LogP contribution in [0.2, 0.25) is 0 Å². The molecule has 2 N–H and O–H groups in total. The van der Waals surface area contributed by atoms with E-state index in [1.807, 2.05) is 19.1 Å². The molecule has 39 heavy (non-hydrogen) atoms. The van der Waals surface area contributed by atoms with Crippen LogP contribution in [-0.4, -0.2) is 46.1 Å². The number of sulfonamides is 1. The summed E-state index contributed by atoms with van der Waals surface area (Å²) in [5, 5.41) is 19.4. The van der Waals surface area contributed by atoms with E-state index in [1.54, 1.807) is 65.8 Å². The topological polar surface area (TPSA) is 105 Å². The van der Waals surface area contributed by atoms with Gasteiger partial charge in [-0.1, -0.05) is 36.0 Å². The van der Waals surface area contributed by atoms with Crippen LogP contribution in [0.15, 0.2) is 70.4 Å². The lowest BCUT2D eigenvalue weighted by molar-refractivity contribution is -0.120. The number of hydrogen-bond acceptors (Lipinski definition) is 6. The van der Waals surface area contributed by atoms with E-state index in [1.165, 1.54) is 4.31 Å². The lowest BCUT2D eigenvalue weighted by Gasteiger charge is -2.33. The quantitative estimate of drug-likeness (QED) is 0.343. The van der Waals surface area contributed by atoms with Crippen LogP contribution in [0.3, 0.4) is 0 Å². The number of carbonyl (C=O) groups excluding carboxylic acids is 1. The molecule has 1 amide bonds. The molecule has 0 aliphatic carbocycles. The fourth-order valence-corrected chi connectivity index (χ4v) is 7.38. The van der Waals surface area contributed by atoms with Crippen LogP contribution in [-0.2, 0) is 21.9 Å². The summed E-state index contributed by atoms with van der Waals surface area (Å²) in [6.07, 6.45) is 3.80. The van der Waals surface area contributed by atoms with Crippen molar-refractivity contribution in [3.05, 3.63) is 82.9 Å². The zero-order chi connectivity index (χ0) is 27.6. The molecule has 1 aliphatic rings. The fraction of sp³-hybridized carbons (Fsp3) is 0.241. The molecule has 200 valence electrons. The van der Waals surface area contributed by atoms with Crippen molar-refractivity contribution in [1.29, 1.82) is 0 Å². The van der Waals surface area contributed by atoms with Gasteiger partial charge in [0.1, 0.15) is 21.7 Å². The van der Waals surface area contributed by atoms with E-state index < -0.39 is 16.1 Å². The van der Waals surface area contributed by atoms with E-state index in [2.05, 4.69) is 22.3 Å². The number of piperidine rings is 1. The van der Waals surface area contributed by atoms with Gasteiger partial charge in [0.25, 0.3) is 10.0 Å². The first-order valence-electron chi connectivity index (χ1n) is 12.5. The number of amides is 1. The van der Waals surface area contributed by atoms with Gasteiger partial charge in [-0.2, -0.15) is 9.40 Å². The third kappa shape index (κ3) is 5.76. The number of phenolic OH excluding ortho intramolecular Hbond substituents is 1. The summed E-state index contributed by atoms with van der Waals surface area (Å²) in [6, 6.07) is 15.0. The number of nitrogens with one attached hydrogen (secondary N) is 1. The monoisotopic (exact) mass is 560 g/mol. The molecule has 10 heteroatoms. The molecule has 2 aromatic carbocycles. The SMILES string of the molecule is Cc1ccc(O)c(-c2nn(C)cc2C#Cc2ccc(NC(=O)C3CCCCN3S(=O)(=O)c3cccs3)cc2)c1. The number of aryl methyl sites for hydroxylation is 2. The molecule has 0 bridgehead atoms. The summed E-state index contributed by atoms with van der Waals surface area (Å²) in [7, 11) is -1.92. The number of phenols is 1. The summed E-state index contributed by atoms with van der Waals surface area (Å²) in [4.78, 5) is 13.1. The molecule has 0 radical (unpaired) electrons. The van der Waals surface area contributed by atoms with Gasteiger partial charge in [0.15, 0.2) is 0 Å². The summed E-state index contributed by atoms with van der Waals surface area (Å²) < 4.78 is 29.5. The average Bonchev–Trinajstić information content (AvgIpc) is 3.60. The number of hydrogen-bond donors (Lipinski definition) is 2. The highest BCUT2D eigenvalue weighted by atomic mass is 32.2. The number of rotatable bonds is 5. The van der Waals surface area contributed by atoms with Crippen molar-refractivity contribution < 1.29 is 18.3 Å². The van der Waals surface area contributed by atoms with E-state index >= 15 is 0 Å². The molecule has 8 nitrogen and oxygen atoms in total. The molecule has 2 aromatic heterocycles. The van der Waals surface area contributed by atoms with Gasteiger partial charge in [0.2, 0.25) is 5.91 Å². The Morgan fingerprint density at radius 3 is 2.67 bits per heavy atom. The molecule has 3 heterocycles. The van der Waals surface area contributed by atoms with Gasteiger partial charge >= 0.3 is 0 Å². The molecule has 1 saturated heterocycles. The predicted octanol–water partition coefficient (Wildman–Crippen LogP) is 4.74. The molecule has 1 fully saturated rings. The van der Waals surface area contributed by atoms with Crippen molar-refractivity contribution in [2.45, 2.75) is 36.4 Å². The minimum absolute atomic E-state index is 0.141. The van der Waals surface area contributed by atoms with Gasteiger partial charge in [-0.25, -0.2) is 8.42 Å². The number of benzene rings is 2. The Kier molecular flexibility index (Phi) is 7.57. The molecule has 1 unspecified atom stereocenters. The number of nitrogens with zero attached hydrogens (tertiary/aromatic N) is 3. The van der Waals surface area contributed by atoms with Crippen molar-refractivity contribution in [3.8, 4) is 28.8 Å². The number of thiophene rings is 1. The fourth-order valence-electron chi connectivity index (χ4n) is 4.60. The smallest absolute Gasteiger partial charge is 0.253 e. The van der Waals surface area contributed by atoms with E-state index in [9.17, 15) is 18.3 Å². The van der Waals surface area contributed by atoms with Crippen LogP contribution < -0.4 is 5.32 Å². The zero-order valence-corrected chi connectivity index (χ0v) is 23.2. The molecule has 1 atom stereocenters. The zero-order valence-electron chi connectivity index (χ0n) is 21.6. The Hall–Kier alpha value is -3.91. The first-order chi connectivity index (χ1) is 18.7. The average molecular weight is 561 g/mol. The second-order valence-corrected chi connectivity index (χ2v) is 12.5. The third-order valence-electron chi connectivity index (χ3n) is 6.54. The highest BCUT2D eigenvalue weighted by Crippen LogP contribution is 2.31. The second kappa shape index (κ2) is 11.1. The van der Waals surface area contributed by atoms with Crippen LogP contribution in [0.25, 0.3) is 11.3 Å². The van der Waals surface area contributed by atoms with E-state index in [0.29, 0.717) is 35.5 Å². The predicted molar refractivity (Wildman–Crippen MR) is 152 cm³/mol. The Morgan fingerprint density at radius 1 is 1.13 bits per heavy atom. The van der Waals surface area contributed by atoms with Crippen molar-refractivity contribution in [3.63, 3.8) is 0 Å². The van der Waals surface area contributed by atoms with Crippen molar-refractivity contribution in [2.24, 2.45) is 7.05 Å². The van der Waals surface area contributed by atoms with Crippen LogP contribution in [0.4, 0.5) is 5.69 Å². The summed E-state index contributed by atoms with van der Waals surface area (Å²) in [6.45, 7) is 2.27. The Labute approximate surface area is 232 Å². The Bertz CT molecular complexity index is 1660. The number of aromatic hydroxyl groups is 1. The minimum atomic E-state index is -3.72. The van der Waals surface area contributed by atoms with Crippen LogP contribution in [0, 0.1) is 18.8 Å². The molecular formula is C29H28N4O4S2. The lowest BCUT2D eigenvalue weighted by atomic mass is 10.0. The summed E-state index contributed by atoms with van der Waals surface area (Å²) in [5.74, 6) is 6.06. The summed E-state index contributed by atoms with van der Waals surface area (Å²) >= 11 is 1.16. The largest absolute Gasteiger partial charge is 0.507 e. The van der Waals surface area contributed by atoms with Gasteiger partial charge in [-0.15, -0.1) is 11.3 Å². The lowest BCUT2D eigenvalue weighted by Crippen LogP contribution is -2.49. The van der Waals surface area contributed by atoms with Gasteiger partial charge in [-0.3, -0.25) is 9.48 Å². The highest BCUT2D eigenvalue weighted by molar-refractivity contribution is 7.91. The second-order valence-electron chi connectivity index (χ2n) is 9.46. The number of carbonyl (C=O) groups is 1. The third-order valence-corrected chi connectivity index (χ3v) is 9.83. The molecule has 4 aromatic rings. The highest BCUT2D eigenvalue weighted by Gasteiger charge is 2.38. The van der Waals surface area contributed by atoms with Gasteiger partial charge in [-0.05, 0) is 67.6 Å². The van der Waals surface area contributed by atoms with Crippen LogP contribution >= 0.6 is 11.3 Å². The van der Waals surface area contributed by atoms with Crippen molar-refractivity contribution in [1.82, 2.24) is 14.1 Å². The van der Waals surface area contributed by atoms with Gasteiger partial charge in [0, 0.05) is 36.6 Å². The van der Waals surface area contributed by atoms with E-state index in [4.69, 9.17) is 0 Å². The standard InChI is InChI=1S/C29H28N4O4S2/c1-20-8-15-26(34)24(18-20)28-22(19-32(2)31-28)12-9-21-10-13-23(14-11-21)30-29(35)25-6-3-4-16-33(25)39(36,37)27-7-5-17-38-27/h5,7-8,10-11,13-15,17-19,25,34H,3-4,6,16H2,1-2H3,(H,30,35). The molecule has 0 spiro atoms. The normalized spacial score (nSPS) is 15.9. The Balaban J connectivity index is 1.31. The van der Waals surface area contributed by atoms with E-state index in [-0.39, 0.29) is 15.9 Å². The maximum atomic E-state index is 13.1. The molecule has 0 saturated carbocycles. The minimum Gasteiger partial charge on any atom is -0.507 e. The molecular weight excluding hydrogens is 532 g/mol. The first-order valence-corrected chi connectivity index (χ1v) is 14.9. The maximum Gasteiger partial charge on any atom is 0.253 e. The van der Waals surface area contributed by atoms with Gasteiger partial charge < -0.3 is 10.4 Å². The molecule has 1 aliphatic heterocycles. The van der Waals surface area contributed by atoms with E-state index in [0.717, 1.165) is 35.3 Å². The van der Waals surface area contributed by atoms with Crippen LogP contribution in [0.1, 0.15) is 36.0 Å². The van der Waals surface area contributed by atoms with Crippen molar-refractivity contribution in [2.75, 3.05) is 11.9 Å². The number of aromatic nitrogens is 2. The van der Waals surface area contributed by atoms with Crippen molar-refractivity contribution >= 4 is 33.0 Å². The first kappa shape index (κ1) is 26.7. The molecule has 5 rings (SSSR count). The summed E-state index contributed by atoms with van der Waals surface area (Å²) in [5.41, 5.74) is 4.21. The van der Waals surface area contributed by atoms with Gasteiger partial charge in [0.05, 0.1) is 5.56 Å².